The number of carbonyl (C=O) groups excluding carboxylic acids is 1. The summed E-state index contributed by atoms with van der Waals surface area (Å²) >= 11 is 7.41. The number of nitrogens with one attached hydrogen (secondary N) is 1. The van der Waals surface area contributed by atoms with Crippen LogP contribution in [0.3, 0.4) is 0 Å². The Morgan fingerprint density at radius 1 is 1.23 bits per heavy atom. The van der Waals surface area contributed by atoms with Gasteiger partial charge >= 0.3 is 0 Å². The normalized spacial score (nSPS) is 11.0. The van der Waals surface area contributed by atoms with Gasteiger partial charge in [-0.2, -0.15) is 0 Å². The molecule has 2 heterocycles. The highest BCUT2D eigenvalue weighted by Crippen LogP contribution is 2.28. The summed E-state index contributed by atoms with van der Waals surface area (Å²) in [6, 6.07) is 13.3. The third kappa shape index (κ3) is 3.21. The molecule has 4 aromatic rings. The molecule has 0 saturated carbocycles. The summed E-state index contributed by atoms with van der Waals surface area (Å²) in [5.41, 5.74) is 2.58. The van der Waals surface area contributed by atoms with Crippen LogP contribution in [0.25, 0.3) is 16.2 Å². The molecule has 2 aromatic carbocycles. The van der Waals surface area contributed by atoms with E-state index in [4.69, 9.17) is 11.6 Å². The van der Waals surface area contributed by atoms with Crippen molar-refractivity contribution in [1.29, 1.82) is 0 Å². The number of benzene rings is 2. The maximum atomic E-state index is 13.3. The van der Waals surface area contributed by atoms with Gasteiger partial charge in [-0.1, -0.05) is 23.7 Å². The summed E-state index contributed by atoms with van der Waals surface area (Å²) in [4.78, 5) is 17.9. The van der Waals surface area contributed by atoms with Crippen LogP contribution in [0.2, 0.25) is 5.02 Å². The second-order valence-electron chi connectivity index (χ2n) is 5.68. The first-order chi connectivity index (χ1) is 12.6. The molecule has 0 fully saturated rings. The summed E-state index contributed by atoms with van der Waals surface area (Å²) in [5, 5.41) is 5.38. The van der Waals surface area contributed by atoms with Crippen molar-refractivity contribution in [3.63, 3.8) is 0 Å². The Hall–Kier alpha value is -2.70. The van der Waals surface area contributed by atoms with Crippen LogP contribution in [0.15, 0.2) is 60.1 Å². The van der Waals surface area contributed by atoms with Gasteiger partial charge in [-0.05, 0) is 42.0 Å². The lowest BCUT2D eigenvalue weighted by Crippen LogP contribution is -2.23. The highest BCUT2D eigenvalue weighted by molar-refractivity contribution is 7.15. The smallest absolute Gasteiger partial charge is 0.272 e. The van der Waals surface area contributed by atoms with Gasteiger partial charge in [0.05, 0.1) is 5.69 Å². The number of fused-ring (bicyclic) bond motifs is 1. The van der Waals surface area contributed by atoms with Crippen molar-refractivity contribution >= 4 is 33.8 Å². The Morgan fingerprint density at radius 3 is 2.81 bits per heavy atom. The Morgan fingerprint density at radius 2 is 2.04 bits per heavy atom. The molecule has 0 bridgehead atoms. The number of amides is 1. The van der Waals surface area contributed by atoms with E-state index in [1.165, 1.54) is 23.5 Å². The second kappa shape index (κ2) is 6.90. The van der Waals surface area contributed by atoms with Gasteiger partial charge < -0.3 is 5.32 Å². The molecule has 0 atom stereocenters. The summed E-state index contributed by atoms with van der Waals surface area (Å²) in [6.07, 6.45) is 1.85. The Balaban J connectivity index is 1.67. The summed E-state index contributed by atoms with van der Waals surface area (Å²) in [7, 11) is 0. The average molecular weight is 386 g/mol. The zero-order valence-corrected chi connectivity index (χ0v) is 15.0. The maximum Gasteiger partial charge on any atom is 0.272 e. The van der Waals surface area contributed by atoms with E-state index in [-0.39, 0.29) is 11.7 Å². The van der Waals surface area contributed by atoms with Crippen LogP contribution in [0, 0.1) is 5.82 Å². The van der Waals surface area contributed by atoms with Crippen LogP contribution in [0.4, 0.5) is 4.39 Å². The van der Waals surface area contributed by atoms with E-state index in [1.54, 1.807) is 24.3 Å². The lowest BCUT2D eigenvalue weighted by Gasteiger charge is -2.07. The van der Waals surface area contributed by atoms with Crippen LogP contribution in [-0.2, 0) is 6.54 Å². The average Bonchev–Trinajstić information content (AvgIpc) is 3.22. The third-order valence-corrected chi connectivity index (χ3v) is 4.93. The summed E-state index contributed by atoms with van der Waals surface area (Å²) in [6.45, 7) is 0.341. The van der Waals surface area contributed by atoms with Crippen molar-refractivity contribution < 1.29 is 9.18 Å². The van der Waals surface area contributed by atoms with Gasteiger partial charge in [0.15, 0.2) is 10.7 Å². The maximum absolute atomic E-state index is 13.3. The first kappa shape index (κ1) is 16.8. The number of halogens is 2. The fourth-order valence-corrected chi connectivity index (χ4v) is 3.67. The van der Waals surface area contributed by atoms with Crippen LogP contribution in [0.1, 0.15) is 16.1 Å². The molecular formula is C19H13ClFN3OS. The minimum atomic E-state index is -0.327. The number of hydrogen-bond donors (Lipinski definition) is 1. The van der Waals surface area contributed by atoms with Gasteiger partial charge in [0, 0.05) is 28.7 Å². The van der Waals surface area contributed by atoms with E-state index >= 15 is 0 Å². The van der Waals surface area contributed by atoms with Crippen molar-refractivity contribution in [3.8, 4) is 11.3 Å². The number of carbonyl (C=O) groups is 1. The molecule has 4 rings (SSSR count). The quantitative estimate of drug-likeness (QED) is 0.549. The molecule has 1 amide bonds. The molecule has 26 heavy (non-hydrogen) atoms. The van der Waals surface area contributed by atoms with Crippen molar-refractivity contribution in [3.05, 3.63) is 82.2 Å². The number of rotatable bonds is 4. The number of aromatic nitrogens is 2. The van der Waals surface area contributed by atoms with Gasteiger partial charge in [0.1, 0.15) is 5.82 Å². The Kier molecular flexibility index (Phi) is 4.44. The van der Waals surface area contributed by atoms with Gasteiger partial charge in [-0.3, -0.25) is 9.20 Å². The van der Waals surface area contributed by atoms with E-state index in [2.05, 4.69) is 10.3 Å². The van der Waals surface area contributed by atoms with Crippen LogP contribution in [-0.4, -0.2) is 15.3 Å². The zero-order valence-electron chi connectivity index (χ0n) is 13.4. The number of thiazole rings is 1. The lowest BCUT2D eigenvalue weighted by molar-refractivity contribution is 0.0947. The predicted molar refractivity (Wildman–Crippen MR) is 101 cm³/mol. The summed E-state index contributed by atoms with van der Waals surface area (Å²) < 4.78 is 15.1. The molecule has 130 valence electrons. The molecular weight excluding hydrogens is 373 g/mol. The lowest BCUT2D eigenvalue weighted by atomic mass is 10.1. The van der Waals surface area contributed by atoms with Gasteiger partial charge in [-0.15, -0.1) is 11.3 Å². The monoisotopic (exact) mass is 385 g/mol. The van der Waals surface area contributed by atoms with E-state index in [0.717, 1.165) is 11.1 Å². The molecule has 0 unspecified atom stereocenters. The molecule has 4 nitrogen and oxygen atoms in total. The van der Waals surface area contributed by atoms with E-state index in [9.17, 15) is 9.18 Å². The Bertz CT molecular complexity index is 1090. The molecule has 0 aliphatic rings. The van der Waals surface area contributed by atoms with Crippen molar-refractivity contribution in [2.24, 2.45) is 0 Å². The van der Waals surface area contributed by atoms with Gasteiger partial charge in [0.25, 0.3) is 5.91 Å². The molecule has 0 aliphatic carbocycles. The third-order valence-electron chi connectivity index (χ3n) is 3.94. The molecule has 0 saturated heterocycles. The molecule has 0 radical (unpaired) electrons. The SMILES string of the molecule is O=C(NCc1cccc(Cl)c1)c1nc2sccn2c1-c1ccc(F)cc1. The van der Waals surface area contributed by atoms with E-state index < -0.39 is 0 Å². The predicted octanol–water partition coefficient (Wildman–Crippen LogP) is 4.79. The topological polar surface area (TPSA) is 46.4 Å². The molecule has 7 heteroatoms. The van der Waals surface area contributed by atoms with E-state index in [1.807, 2.05) is 28.1 Å². The van der Waals surface area contributed by atoms with Gasteiger partial charge in [-0.25, -0.2) is 9.37 Å². The number of hydrogen-bond acceptors (Lipinski definition) is 3. The van der Waals surface area contributed by atoms with Crippen LogP contribution >= 0.6 is 22.9 Å². The first-order valence-corrected chi connectivity index (χ1v) is 9.12. The number of nitrogens with zero attached hydrogens (tertiary/aromatic N) is 2. The molecule has 0 spiro atoms. The molecule has 1 N–H and O–H groups in total. The second-order valence-corrected chi connectivity index (χ2v) is 6.99. The van der Waals surface area contributed by atoms with Crippen molar-refractivity contribution in [2.45, 2.75) is 6.54 Å². The Labute approximate surface area is 157 Å². The van der Waals surface area contributed by atoms with Crippen LogP contribution < -0.4 is 5.32 Å². The fraction of sp³-hybridized carbons (Fsp3) is 0.0526. The first-order valence-electron chi connectivity index (χ1n) is 7.86. The highest BCUT2D eigenvalue weighted by Gasteiger charge is 2.21. The zero-order chi connectivity index (χ0) is 18.1. The number of imidazole rings is 1. The van der Waals surface area contributed by atoms with E-state index in [0.29, 0.717) is 27.9 Å². The minimum absolute atomic E-state index is 0.291. The van der Waals surface area contributed by atoms with Crippen molar-refractivity contribution in [1.82, 2.24) is 14.7 Å². The highest BCUT2D eigenvalue weighted by atomic mass is 35.5. The summed E-state index contributed by atoms with van der Waals surface area (Å²) in [5.74, 6) is -0.619. The van der Waals surface area contributed by atoms with Crippen molar-refractivity contribution in [2.75, 3.05) is 0 Å². The largest absolute Gasteiger partial charge is 0.347 e. The van der Waals surface area contributed by atoms with Crippen LogP contribution in [0.5, 0.6) is 0 Å². The van der Waals surface area contributed by atoms with Gasteiger partial charge in [0.2, 0.25) is 0 Å². The standard InChI is InChI=1S/C19H13ClFN3OS/c20-14-3-1-2-12(10-14)11-22-18(25)16-17(13-4-6-15(21)7-5-13)24-8-9-26-19(24)23-16/h1-10H,11H2,(H,22,25). The molecule has 2 aromatic heterocycles. The minimum Gasteiger partial charge on any atom is -0.347 e. The molecule has 0 aliphatic heterocycles. The fourth-order valence-electron chi connectivity index (χ4n) is 2.74.